The number of halogens is 3. The van der Waals surface area contributed by atoms with E-state index in [9.17, 15) is 0 Å². The molecule has 1 heterocycles. The summed E-state index contributed by atoms with van der Waals surface area (Å²) in [4.78, 5) is 0. The summed E-state index contributed by atoms with van der Waals surface area (Å²) in [5, 5.41) is 3.99. The first-order valence-electron chi connectivity index (χ1n) is 5.90. The van der Waals surface area contributed by atoms with Gasteiger partial charge in [0.1, 0.15) is 0 Å². The van der Waals surface area contributed by atoms with Gasteiger partial charge in [-0.05, 0) is 35.9 Å². The predicted octanol–water partition coefficient (Wildman–Crippen LogP) is 5.21. The van der Waals surface area contributed by atoms with E-state index in [1.165, 1.54) is 0 Å². The van der Waals surface area contributed by atoms with Crippen molar-refractivity contribution < 1.29 is 9.47 Å². The SMILES string of the molecule is Clc1cc(Br)ccc1NCc1cc2c(cc1Br)OCO2. The lowest BCUT2D eigenvalue weighted by atomic mass is 10.2. The van der Waals surface area contributed by atoms with E-state index in [-0.39, 0.29) is 6.79 Å². The van der Waals surface area contributed by atoms with Crippen LogP contribution in [0.1, 0.15) is 5.56 Å². The van der Waals surface area contributed by atoms with Crippen molar-refractivity contribution in [3.63, 3.8) is 0 Å². The molecule has 0 bridgehead atoms. The van der Waals surface area contributed by atoms with Crippen LogP contribution in [0, 0.1) is 0 Å². The zero-order valence-electron chi connectivity index (χ0n) is 10.3. The van der Waals surface area contributed by atoms with Gasteiger partial charge in [-0.2, -0.15) is 0 Å². The van der Waals surface area contributed by atoms with Crippen LogP contribution >= 0.6 is 43.5 Å². The molecule has 0 amide bonds. The molecule has 1 aliphatic rings. The quantitative estimate of drug-likeness (QED) is 0.741. The fraction of sp³-hybridized carbons (Fsp3) is 0.143. The zero-order valence-corrected chi connectivity index (χ0v) is 14.2. The summed E-state index contributed by atoms with van der Waals surface area (Å²) in [5.41, 5.74) is 1.97. The molecule has 0 radical (unpaired) electrons. The largest absolute Gasteiger partial charge is 0.454 e. The van der Waals surface area contributed by atoms with Gasteiger partial charge in [-0.1, -0.05) is 43.5 Å². The van der Waals surface area contributed by atoms with Crippen LogP contribution in [0.3, 0.4) is 0 Å². The van der Waals surface area contributed by atoms with Crippen molar-refractivity contribution in [2.75, 3.05) is 12.1 Å². The minimum atomic E-state index is 0.275. The van der Waals surface area contributed by atoms with Gasteiger partial charge in [0.2, 0.25) is 6.79 Å². The van der Waals surface area contributed by atoms with Gasteiger partial charge >= 0.3 is 0 Å². The highest BCUT2D eigenvalue weighted by molar-refractivity contribution is 9.10. The van der Waals surface area contributed by atoms with Gasteiger partial charge in [-0.25, -0.2) is 0 Å². The molecule has 104 valence electrons. The normalized spacial score (nSPS) is 12.6. The number of rotatable bonds is 3. The van der Waals surface area contributed by atoms with Gasteiger partial charge in [0.25, 0.3) is 0 Å². The first kappa shape index (κ1) is 14.0. The Bertz CT molecular complexity index is 664. The fourth-order valence-electron chi connectivity index (χ4n) is 1.92. The third kappa shape index (κ3) is 2.90. The Morgan fingerprint density at radius 3 is 2.60 bits per heavy atom. The van der Waals surface area contributed by atoms with Gasteiger partial charge in [0, 0.05) is 15.5 Å². The second kappa shape index (κ2) is 5.84. The molecule has 0 aromatic heterocycles. The summed E-state index contributed by atoms with van der Waals surface area (Å²) < 4.78 is 12.6. The van der Waals surface area contributed by atoms with Crippen molar-refractivity contribution in [2.24, 2.45) is 0 Å². The van der Waals surface area contributed by atoms with Crippen LogP contribution in [0.5, 0.6) is 11.5 Å². The standard InChI is InChI=1S/C14H10Br2ClNO2/c15-9-1-2-12(11(17)4-9)18-6-8-3-13-14(5-10(8)16)20-7-19-13/h1-5,18H,6-7H2. The van der Waals surface area contributed by atoms with Gasteiger partial charge in [0.15, 0.2) is 11.5 Å². The van der Waals surface area contributed by atoms with Crippen molar-refractivity contribution in [3.8, 4) is 11.5 Å². The average molecular weight is 420 g/mol. The van der Waals surface area contributed by atoms with Crippen LogP contribution in [-0.4, -0.2) is 6.79 Å². The Kier molecular flexibility index (Phi) is 4.10. The second-order valence-electron chi connectivity index (χ2n) is 4.27. The Hall–Kier alpha value is -0.910. The van der Waals surface area contributed by atoms with E-state index in [1.54, 1.807) is 0 Å². The summed E-state index contributed by atoms with van der Waals surface area (Å²) >= 11 is 13.1. The molecule has 0 aliphatic carbocycles. The molecule has 2 aromatic carbocycles. The molecule has 3 nitrogen and oxygen atoms in total. The Labute approximate surface area is 138 Å². The molecule has 3 rings (SSSR count). The van der Waals surface area contributed by atoms with Gasteiger partial charge in [-0.15, -0.1) is 0 Å². The molecule has 2 aromatic rings. The lowest BCUT2D eigenvalue weighted by molar-refractivity contribution is 0.174. The Morgan fingerprint density at radius 2 is 1.85 bits per heavy atom. The number of hydrogen-bond donors (Lipinski definition) is 1. The summed E-state index contributed by atoms with van der Waals surface area (Å²) in [6, 6.07) is 9.63. The maximum Gasteiger partial charge on any atom is 0.231 e. The smallest absolute Gasteiger partial charge is 0.231 e. The summed E-state index contributed by atoms with van der Waals surface area (Å²) in [5.74, 6) is 1.54. The van der Waals surface area contributed by atoms with E-state index >= 15 is 0 Å². The minimum Gasteiger partial charge on any atom is -0.454 e. The van der Waals surface area contributed by atoms with Crippen molar-refractivity contribution in [1.82, 2.24) is 0 Å². The molecule has 6 heteroatoms. The molecule has 1 N–H and O–H groups in total. The second-order valence-corrected chi connectivity index (χ2v) is 6.45. The van der Waals surface area contributed by atoms with Gasteiger partial charge in [0.05, 0.1) is 10.7 Å². The molecular formula is C14H10Br2ClNO2. The highest BCUT2D eigenvalue weighted by Gasteiger charge is 2.16. The van der Waals surface area contributed by atoms with Crippen LogP contribution in [-0.2, 0) is 6.54 Å². The van der Waals surface area contributed by atoms with Crippen LogP contribution in [0.25, 0.3) is 0 Å². The van der Waals surface area contributed by atoms with Crippen LogP contribution in [0.4, 0.5) is 5.69 Å². The van der Waals surface area contributed by atoms with Crippen molar-refractivity contribution >= 4 is 49.1 Å². The average Bonchev–Trinajstić information content (AvgIpc) is 2.84. The molecule has 0 spiro atoms. The molecule has 20 heavy (non-hydrogen) atoms. The van der Waals surface area contributed by atoms with E-state index in [2.05, 4.69) is 37.2 Å². The van der Waals surface area contributed by atoms with E-state index in [1.807, 2.05) is 30.3 Å². The molecular weight excluding hydrogens is 409 g/mol. The third-order valence-corrected chi connectivity index (χ3v) is 4.49. The number of benzene rings is 2. The first-order valence-corrected chi connectivity index (χ1v) is 7.87. The van der Waals surface area contributed by atoms with Crippen molar-refractivity contribution in [2.45, 2.75) is 6.54 Å². The van der Waals surface area contributed by atoms with Crippen LogP contribution < -0.4 is 14.8 Å². The number of hydrogen-bond acceptors (Lipinski definition) is 3. The highest BCUT2D eigenvalue weighted by Crippen LogP contribution is 2.37. The molecule has 0 unspecified atom stereocenters. The summed E-state index contributed by atoms with van der Waals surface area (Å²) in [7, 11) is 0. The maximum absolute atomic E-state index is 6.18. The van der Waals surface area contributed by atoms with Crippen molar-refractivity contribution in [3.05, 3.63) is 49.9 Å². The lowest BCUT2D eigenvalue weighted by Crippen LogP contribution is -2.01. The molecule has 1 aliphatic heterocycles. The highest BCUT2D eigenvalue weighted by atomic mass is 79.9. The van der Waals surface area contributed by atoms with Crippen LogP contribution in [0.2, 0.25) is 5.02 Å². The Morgan fingerprint density at radius 1 is 1.10 bits per heavy atom. The van der Waals surface area contributed by atoms with E-state index < -0.39 is 0 Å². The minimum absolute atomic E-state index is 0.275. The fourth-order valence-corrected chi connectivity index (χ4v) is 3.12. The van der Waals surface area contributed by atoms with Crippen molar-refractivity contribution in [1.29, 1.82) is 0 Å². The summed E-state index contributed by atoms with van der Waals surface area (Å²) in [6.45, 7) is 0.912. The van der Waals surface area contributed by atoms with Gasteiger partial charge in [-0.3, -0.25) is 0 Å². The number of ether oxygens (including phenoxy) is 2. The molecule has 0 saturated heterocycles. The topological polar surface area (TPSA) is 30.5 Å². The molecule has 0 saturated carbocycles. The summed E-state index contributed by atoms with van der Waals surface area (Å²) in [6.07, 6.45) is 0. The van der Waals surface area contributed by atoms with E-state index in [4.69, 9.17) is 21.1 Å². The maximum atomic E-state index is 6.18. The van der Waals surface area contributed by atoms with E-state index in [0.717, 1.165) is 31.7 Å². The Balaban J connectivity index is 1.78. The number of anilines is 1. The predicted molar refractivity (Wildman–Crippen MR) is 86.7 cm³/mol. The first-order chi connectivity index (χ1) is 9.63. The zero-order chi connectivity index (χ0) is 14.1. The lowest BCUT2D eigenvalue weighted by Gasteiger charge is -2.11. The third-order valence-electron chi connectivity index (χ3n) is 2.94. The van der Waals surface area contributed by atoms with Gasteiger partial charge < -0.3 is 14.8 Å². The number of nitrogens with one attached hydrogen (secondary N) is 1. The monoisotopic (exact) mass is 417 g/mol. The number of fused-ring (bicyclic) bond motifs is 1. The molecule has 0 fully saturated rings. The van der Waals surface area contributed by atoms with E-state index in [0.29, 0.717) is 11.6 Å². The van der Waals surface area contributed by atoms with Crippen LogP contribution in [0.15, 0.2) is 39.3 Å². The molecule has 0 atom stereocenters.